The maximum Gasteiger partial charge on any atom is 0.193 e. The van der Waals surface area contributed by atoms with Crippen LogP contribution in [0.2, 0.25) is 0 Å². The molecule has 3 N–H and O–H groups in total. The van der Waals surface area contributed by atoms with Gasteiger partial charge in [-0.25, -0.2) is 13.4 Å². The van der Waals surface area contributed by atoms with Crippen LogP contribution in [0.25, 0.3) is 0 Å². The minimum absolute atomic E-state index is 0.0851. The van der Waals surface area contributed by atoms with Crippen LogP contribution in [-0.4, -0.2) is 20.1 Å². The Kier molecular flexibility index (Phi) is 5.08. The summed E-state index contributed by atoms with van der Waals surface area (Å²) in [4.78, 5) is 4.65. The summed E-state index contributed by atoms with van der Waals surface area (Å²) in [5.41, 5.74) is 10.5. The van der Waals surface area contributed by atoms with Crippen LogP contribution in [0, 0.1) is 0 Å². The van der Waals surface area contributed by atoms with E-state index in [4.69, 9.17) is 5.73 Å². The first-order valence-electron chi connectivity index (χ1n) is 8.48. The van der Waals surface area contributed by atoms with Crippen molar-refractivity contribution >= 4 is 21.5 Å². The summed E-state index contributed by atoms with van der Waals surface area (Å²) in [5, 5.41) is 3.11. The number of hydrogen-bond acceptors (Lipinski definition) is 3. The van der Waals surface area contributed by atoms with E-state index in [0.29, 0.717) is 17.4 Å². The number of guanidine groups is 1. The van der Waals surface area contributed by atoms with Crippen LogP contribution in [-0.2, 0) is 29.2 Å². The maximum atomic E-state index is 12.0. The predicted molar refractivity (Wildman–Crippen MR) is 102 cm³/mol. The number of sulfone groups is 1. The summed E-state index contributed by atoms with van der Waals surface area (Å²) in [7, 11) is -3.21. The van der Waals surface area contributed by atoms with Gasteiger partial charge in [-0.1, -0.05) is 25.1 Å². The summed E-state index contributed by atoms with van der Waals surface area (Å²) in [6.07, 6.45) is 3.47. The summed E-state index contributed by atoms with van der Waals surface area (Å²) < 4.78 is 23.9. The van der Waals surface area contributed by atoms with E-state index in [1.165, 1.54) is 17.5 Å². The van der Waals surface area contributed by atoms with Gasteiger partial charge in [-0.2, -0.15) is 0 Å². The molecule has 2 aromatic rings. The van der Waals surface area contributed by atoms with Crippen molar-refractivity contribution in [3.63, 3.8) is 0 Å². The van der Waals surface area contributed by atoms with Gasteiger partial charge in [0.1, 0.15) is 0 Å². The molecular formula is C19H23N3O2S. The standard InChI is InChI=1S/C19H23N3O2S/c1-2-25(23,24)18-8-3-5-14(11-18)13-21-19(20)22-17-10-9-15-6-4-7-16(15)12-17/h3,5,8-12H,2,4,6-7,13H2,1H3,(H3,20,21,22). The maximum absolute atomic E-state index is 12.0. The van der Waals surface area contributed by atoms with E-state index >= 15 is 0 Å². The van der Waals surface area contributed by atoms with Gasteiger partial charge in [-0.05, 0) is 60.2 Å². The number of rotatable bonds is 5. The molecular weight excluding hydrogens is 334 g/mol. The van der Waals surface area contributed by atoms with E-state index in [-0.39, 0.29) is 5.75 Å². The number of anilines is 1. The van der Waals surface area contributed by atoms with Gasteiger partial charge in [0.15, 0.2) is 15.8 Å². The molecule has 3 rings (SSSR count). The fraction of sp³-hybridized carbons (Fsp3) is 0.316. The molecule has 0 heterocycles. The van der Waals surface area contributed by atoms with Gasteiger partial charge in [0.2, 0.25) is 0 Å². The third kappa shape index (κ3) is 4.20. The Labute approximate surface area is 148 Å². The number of nitrogens with two attached hydrogens (primary N) is 1. The zero-order valence-electron chi connectivity index (χ0n) is 14.3. The second kappa shape index (κ2) is 7.27. The summed E-state index contributed by atoms with van der Waals surface area (Å²) in [6, 6.07) is 13.1. The number of nitrogens with one attached hydrogen (secondary N) is 1. The third-order valence-corrected chi connectivity index (χ3v) is 6.17. The van der Waals surface area contributed by atoms with Crippen LogP contribution in [0.4, 0.5) is 5.69 Å². The molecule has 5 nitrogen and oxygen atoms in total. The van der Waals surface area contributed by atoms with E-state index < -0.39 is 9.84 Å². The number of benzene rings is 2. The molecule has 0 aliphatic heterocycles. The lowest BCUT2D eigenvalue weighted by Crippen LogP contribution is -2.22. The first-order valence-corrected chi connectivity index (χ1v) is 10.1. The number of aryl methyl sites for hydroxylation is 2. The van der Waals surface area contributed by atoms with Crippen LogP contribution in [0.1, 0.15) is 30.0 Å². The average molecular weight is 357 g/mol. The SMILES string of the molecule is CCS(=O)(=O)c1cccc(CN=C(N)Nc2ccc3c(c2)CCC3)c1. The molecule has 0 radical (unpaired) electrons. The number of nitrogens with zero attached hydrogens (tertiary/aromatic N) is 1. The molecule has 2 aromatic carbocycles. The van der Waals surface area contributed by atoms with E-state index in [1.807, 2.05) is 12.1 Å². The van der Waals surface area contributed by atoms with E-state index in [1.54, 1.807) is 25.1 Å². The number of aliphatic imine (C=N–C) groups is 1. The third-order valence-electron chi connectivity index (χ3n) is 4.44. The lowest BCUT2D eigenvalue weighted by Gasteiger charge is -2.08. The second-order valence-electron chi connectivity index (χ2n) is 6.21. The molecule has 0 fully saturated rings. The summed E-state index contributed by atoms with van der Waals surface area (Å²) in [6.45, 7) is 1.97. The molecule has 132 valence electrons. The van der Waals surface area contributed by atoms with Gasteiger partial charge in [-0.3, -0.25) is 0 Å². The largest absolute Gasteiger partial charge is 0.370 e. The minimum Gasteiger partial charge on any atom is -0.370 e. The fourth-order valence-electron chi connectivity index (χ4n) is 3.02. The summed E-state index contributed by atoms with van der Waals surface area (Å²) in [5.74, 6) is 0.406. The highest BCUT2D eigenvalue weighted by molar-refractivity contribution is 7.91. The van der Waals surface area contributed by atoms with Crippen molar-refractivity contribution in [2.24, 2.45) is 10.7 Å². The first-order chi connectivity index (χ1) is 12.0. The predicted octanol–water partition coefficient (Wildman–Crippen LogP) is 2.90. The van der Waals surface area contributed by atoms with Gasteiger partial charge in [0, 0.05) is 5.69 Å². The fourth-order valence-corrected chi connectivity index (χ4v) is 3.97. The lowest BCUT2D eigenvalue weighted by molar-refractivity contribution is 0.597. The van der Waals surface area contributed by atoms with E-state index in [2.05, 4.69) is 22.4 Å². The molecule has 0 saturated heterocycles. The van der Waals surface area contributed by atoms with Crippen LogP contribution in [0.5, 0.6) is 0 Å². The van der Waals surface area contributed by atoms with Crippen LogP contribution < -0.4 is 11.1 Å². The lowest BCUT2D eigenvalue weighted by atomic mass is 10.1. The zero-order valence-corrected chi connectivity index (χ0v) is 15.1. The Hall–Kier alpha value is -2.34. The topological polar surface area (TPSA) is 84.5 Å². The van der Waals surface area contributed by atoms with Crippen molar-refractivity contribution in [3.8, 4) is 0 Å². The zero-order chi connectivity index (χ0) is 17.9. The summed E-state index contributed by atoms with van der Waals surface area (Å²) >= 11 is 0. The molecule has 0 atom stereocenters. The normalized spacial score (nSPS) is 14.4. The van der Waals surface area contributed by atoms with Gasteiger partial charge in [-0.15, -0.1) is 0 Å². The molecule has 0 saturated carbocycles. The van der Waals surface area contributed by atoms with E-state index in [0.717, 1.165) is 24.1 Å². The molecule has 1 aliphatic carbocycles. The molecule has 0 amide bonds. The van der Waals surface area contributed by atoms with Crippen molar-refractivity contribution in [2.75, 3.05) is 11.1 Å². The highest BCUT2D eigenvalue weighted by Gasteiger charge is 2.12. The molecule has 6 heteroatoms. The quantitative estimate of drug-likeness (QED) is 0.636. The Balaban J connectivity index is 1.68. The first kappa shape index (κ1) is 17.5. The Bertz CT molecular complexity index is 905. The van der Waals surface area contributed by atoms with Gasteiger partial charge in [0.05, 0.1) is 17.2 Å². The molecule has 0 unspecified atom stereocenters. The highest BCUT2D eigenvalue weighted by Crippen LogP contribution is 2.24. The van der Waals surface area contributed by atoms with Gasteiger partial charge >= 0.3 is 0 Å². The molecule has 0 bridgehead atoms. The number of hydrogen-bond donors (Lipinski definition) is 2. The Morgan fingerprint density at radius 3 is 2.76 bits per heavy atom. The van der Waals surface area contributed by atoms with Gasteiger partial charge < -0.3 is 11.1 Å². The molecule has 0 spiro atoms. The Morgan fingerprint density at radius 2 is 1.96 bits per heavy atom. The van der Waals surface area contributed by atoms with Crippen LogP contribution in [0.15, 0.2) is 52.4 Å². The smallest absolute Gasteiger partial charge is 0.193 e. The van der Waals surface area contributed by atoms with Crippen LogP contribution >= 0.6 is 0 Å². The van der Waals surface area contributed by atoms with Crippen molar-refractivity contribution in [1.82, 2.24) is 0 Å². The van der Waals surface area contributed by atoms with Crippen LogP contribution in [0.3, 0.4) is 0 Å². The molecule has 25 heavy (non-hydrogen) atoms. The second-order valence-corrected chi connectivity index (χ2v) is 8.49. The van der Waals surface area contributed by atoms with E-state index in [9.17, 15) is 8.42 Å². The van der Waals surface area contributed by atoms with Crippen molar-refractivity contribution in [3.05, 3.63) is 59.2 Å². The monoisotopic (exact) mass is 357 g/mol. The van der Waals surface area contributed by atoms with Crippen molar-refractivity contribution < 1.29 is 8.42 Å². The average Bonchev–Trinajstić information content (AvgIpc) is 3.08. The number of fused-ring (bicyclic) bond motifs is 1. The molecule has 1 aliphatic rings. The Morgan fingerprint density at radius 1 is 1.16 bits per heavy atom. The molecule has 0 aromatic heterocycles. The van der Waals surface area contributed by atoms with Gasteiger partial charge in [0.25, 0.3) is 0 Å². The van der Waals surface area contributed by atoms with Crippen molar-refractivity contribution in [1.29, 1.82) is 0 Å². The van der Waals surface area contributed by atoms with Crippen molar-refractivity contribution in [2.45, 2.75) is 37.6 Å². The minimum atomic E-state index is -3.21. The highest BCUT2D eigenvalue weighted by atomic mass is 32.2.